The van der Waals surface area contributed by atoms with E-state index in [1.54, 1.807) is 0 Å². The lowest BCUT2D eigenvalue weighted by Gasteiger charge is -2.34. The summed E-state index contributed by atoms with van der Waals surface area (Å²) < 4.78 is 0. The van der Waals surface area contributed by atoms with Gasteiger partial charge in [0.15, 0.2) is 0 Å². The Morgan fingerprint density at radius 3 is 2.65 bits per heavy atom. The number of carbonyl (C=O) groups excluding carboxylic acids is 1. The summed E-state index contributed by atoms with van der Waals surface area (Å²) in [4.78, 5) is 12.8. The third-order valence-corrected chi connectivity index (χ3v) is 5.19. The minimum absolute atomic E-state index is 0.0542. The normalized spacial score (nSPS) is 22.0. The molecule has 1 aliphatic rings. The standard InChI is InChI=1S/C21H38N4O/c1-7-10-11-19(15(4)5)24-21(26)16-12-13-17(18(22)14-16)20(8-2)25(9-3)23-6/h7-8,13,15-16,18-19,23H,1,9-12,14,22H2,2-6H3,(H,24,26). The van der Waals surface area contributed by atoms with E-state index in [9.17, 15) is 4.79 Å². The summed E-state index contributed by atoms with van der Waals surface area (Å²) in [5, 5.41) is 5.32. The van der Waals surface area contributed by atoms with Gasteiger partial charge in [-0.3, -0.25) is 4.79 Å². The number of nitrogens with one attached hydrogen (secondary N) is 2. The second kappa shape index (κ2) is 11.2. The Morgan fingerprint density at radius 2 is 2.19 bits per heavy atom. The number of carbonyl (C=O) groups is 1. The Labute approximate surface area is 159 Å². The summed E-state index contributed by atoms with van der Waals surface area (Å²) in [7, 11) is 1.91. The molecule has 0 heterocycles. The number of amides is 1. The monoisotopic (exact) mass is 362 g/mol. The third kappa shape index (κ3) is 5.99. The van der Waals surface area contributed by atoms with Gasteiger partial charge in [-0.25, -0.2) is 5.43 Å². The highest BCUT2D eigenvalue weighted by Crippen LogP contribution is 2.29. The van der Waals surface area contributed by atoms with Gasteiger partial charge in [0.05, 0.1) is 5.70 Å². The minimum Gasteiger partial charge on any atom is -0.353 e. The Morgan fingerprint density at radius 1 is 1.50 bits per heavy atom. The first kappa shape index (κ1) is 22.5. The van der Waals surface area contributed by atoms with Crippen molar-refractivity contribution in [1.29, 1.82) is 0 Å². The molecule has 0 saturated carbocycles. The molecule has 0 saturated heterocycles. The fourth-order valence-corrected chi connectivity index (χ4v) is 3.56. The summed E-state index contributed by atoms with van der Waals surface area (Å²) in [6.45, 7) is 13.0. The van der Waals surface area contributed by atoms with E-state index in [0.717, 1.165) is 37.1 Å². The molecule has 4 N–H and O–H groups in total. The molecule has 26 heavy (non-hydrogen) atoms. The summed E-state index contributed by atoms with van der Waals surface area (Å²) >= 11 is 0. The third-order valence-electron chi connectivity index (χ3n) is 5.19. The van der Waals surface area contributed by atoms with Crippen LogP contribution in [-0.2, 0) is 4.79 Å². The molecule has 3 atom stereocenters. The molecule has 0 aromatic heterocycles. The smallest absolute Gasteiger partial charge is 0.223 e. The molecule has 0 bridgehead atoms. The molecular formula is C21H38N4O. The molecule has 1 rings (SSSR count). The predicted octanol–water partition coefficient (Wildman–Crippen LogP) is 3.12. The van der Waals surface area contributed by atoms with Crippen LogP contribution in [0.5, 0.6) is 0 Å². The average molecular weight is 363 g/mol. The van der Waals surface area contributed by atoms with Crippen molar-refractivity contribution in [2.24, 2.45) is 17.6 Å². The number of hydrogen-bond acceptors (Lipinski definition) is 4. The van der Waals surface area contributed by atoms with Crippen molar-refractivity contribution >= 4 is 5.91 Å². The maximum Gasteiger partial charge on any atom is 0.223 e. The van der Waals surface area contributed by atoms with Gasteiger partial charge < -0.3 is 16.1 Å². The van der Waals surface area contributed by atoms with Crippen LogP contribution in [0, 0.1) is 11.8 Å². The van der Waals surface area contributed by atoms with Crippen molar-refractivity contribution in [3.8, 4) is 0 Å². The van der Waals surface area contributed by atoms with Crippen molar-refractivity contribution < 1.29 is 4.79 Å². The molecule has 0 radical (unpaired) electrons. The Bertz CT molecular complexity index is 520. The fourth-order valence-electron chi connectivity index (χ4n) is 3.56. The van der Waals surface area contributed by atoms with Crippen LogP contribution < -0.4 is 16.5 Å². The number of rotatable bonds is 10. The van der Waals surface area contributed by atoms with Gasteiger partial charge in [-0.05, 0) is 51.0 Å². The number of allylic oxidation sites excluding steroid dienone is 3. The SMILES string of the molecule is C=CCCC(NC(=O)C1CC=C(C(=CC)N(CC)NC)C(N)C1)C(C)C. The first-order chi connectivity index (χ1) is 12.4. The second-order valence-electron chi connectivity index (χ2n) is 7.30. The average Bonchev–Trinajstić information content (AvgIpc) is 2.63. The summed E-state index contributed by atoms with van der Waals surface area (Å²) in [6.07, 6.45) is 9.40. The van der Waals surface area contributed by atoms with Crippen LogP contribution in [0.4, 0.5) is 0 Å². The number of hydrazine groups is 1. The molecule has 0 aromatic rings. The largest absolute Gasteiger partial charge is 0.353 e. The second-order valence-corrected chi connectivity index (χ2v) is 7.30. The fraction of sp³-hybridized carbons (Fsp3) is 0.667. The van der Waals surface area contributed by atoms with E-state index in [1.807, 2.05) is 20.0 Å². The van der Waals surface area contributed by atoms with Crippen molar-refractivity contribution in [3.05, 3.63) is 36.1 Å². The molecule has 1 aliphatic carbocycles. The van der Waals surface area contributed by atoms with Gasteiger partial charge in [0, 0.05) is 31.6 Å². The highest BCUT2D eigenvalue weighted by molar-refractivity contribution is 5.79. The van der Waals surface area contributed by atoms with Crippen LogP contribution in [0.2, 0.25) is 0 Å². The van der Waals surface area contributed by atoms with E-state index in [1.165, 1.54) is 0 Å². The Kier molecular flexibility index (Phi) is 9.66. The molecule has 5 nitrogen and oxygen atoms in total. The minimum atomic E-state index is -0.126. The molecule has 0 aromatic carbocycles. The van der Waals surface area contributed by atoms with Gasteiger partial charge in [-0.2, -0.15) is 0 Å². The molecule has 148 valence electrons. The van der Waals surface area contributed by atoms with Crippen LogP contribution in [0.3, 0.4) is 0 Å². The van der Waals surface area contributed by atoms with Crippen LogP contribution >= 0.6 is 0 Å². The number of nitrogens with zero attached hydrogens (tertiary/aromatic N) is 1. The lowest BCUT2D eigenvalue weighted by atomic mass is 9.83. The van der Waals surface area contributed by atoms with Crippen molar-refractivity contribution in [2.75, 3.05) is 13.6 Å². The molecule has 0 aliphatic heterocycles. The molecule has 0 spiro atoms. The van der Waals surface area contributed by atoms with Gasteiger partial charge in [0.2, 0.25) is 5.91 Å². The van der Waals surface area contributed by atoms with E-state index in [4.69, 9.17) is 5.73 Å². The molecular weight excluding hydrogens is 324 g/mol. The molecule has 0 fully saturated rings. The topological polar surface area (TPSA) is 70.4 Å². The van der Waals surface area contributed by atoms with Crippen LogP contribution in [0.1, 0.15) is 53.4 Å². The Balaban J connectivity index is 2.80. The zero-order valence-electron chi connectivity index (χ0n) is 17.2. The molecule has 3 unspecified atom stereocenters. The van der Waals surface area contributed by atoms with Gasteiger partial charge in [-0.15, -0.1) is 6.58 Å². The predicted molar refractivity (Wildman–Crippen MR) is 110 cm³/mol. The highest BCUT2D eigenvalue weighted by Gasteiger charge is 2.30. The van der Waals surface area contributed by atoms with Crippen LogP contribution in [-0.4, -0.2) is 36.6 Å². The zero-order valence-corrected chi connectivity index (χ0v) is 17.2. The maximum atomic E-state index is 12.8. The first-order valence-corrected chi connectivity index (χ1v) is 9.87. The molecule has 5 heteroatoms. The van der Waals surface area contributed by atoms with Crippen molar-refractivity contribution in [3.63, 3.8) is 0 Å². The van der Waals surface area contributed by atoms with E-state index >= 15 is 0 Å². The first-order valence-electron chi connectivity index (χ1n) is 9.87. The summed E-state index contributed by atoms with van der Waals surface area (Å²) in [5.74, 6) is 0.480. The summed E-state index contributed by atoms with van der Waals surface area (Å²) in [6, 6.07) is 0.0619. The Hall–Kier alpha value is -1.59. The van der Waals surface area contributed by atoms with E-state index in [-0.39, 0.29) is 23.9 Å². The van der Waals surface area contributed by atoms with Gasteiger partial charge in [-0.1, -0.05) is 32.1 Å². The van der Waals surface area contributed by atoms with E-state index in [2.05, 4.69) is 55.3 Å². The maximum absolute atomic E-state index is 12.8. The van der Waals surface area contributed by atoms with Gasteiger partial charge in [0.25, 0.3) is 0 Å². The number of hydrogen-bond donors (Lipinski definition) is 3. The highest BCUT2D eigenvalue weighted by atomic mass is 16.1. The number of nitrogens with two attached hydrogens (primary N) is 1. The lowest BCUT2D eigenvalue weighted by molar-refractivity contribution is -0.126. The van der Waals surface area contributed by atoms with Crippen LogP contribution in [0.25, 0.3) is 0 Å². The van der Waals surface area contributed by atoms with Gasteiger partial charge in [0.1, 0.15) is 0 Å². The van der Waals surface area contributed by atoms with Crippen molar-refractivity contribution in [2.45, 2.75) is 65.5 Å². The van der Waals surface area contributed by atoms with Crippen LogP contribution in [0.15, 0.2) is 36.1 Å². The molecule has 1 amide bonds. The summed E-state index contributed by atoms with van der Waals surface area (Å²) in [5.41, 5.74) is 11.9. The quantitative estimate of drug-likeness (QED) is 0.412. The van der Waals surface area contributed by atoms with Crippen molar-refractivity contribution in [1.82, 2.24) is 15.8 Å². The zero-order chi connectivity index (χ0) is 19.7. The lowest BCUT2D eigenvalue weighted by Crippen LogP contribution is -2.45. The van der Waals surface area contributed by atoms with E-state index < -0.39 is 0 Å². The van der Waals surface area contributed by atoms with E-state index in [0.29, 0.717) is 12.3 Å². The van der Waals surface area contributed by atoms with Gasteiger partial charge >= 0.3 is 0 Å². The number of likely N-dealkylation sites (N-methyl/N-ethyl adjacent to an activating group) is 1.